The Bertz CT molecular complexity index is 536. The predicted octanol–water partition coefficient (Wildman–Crippen LogP) is 3.17. The predicted molar refractivity (Wildman–Crippen MR) is 88.1 cm³/mol. The van der Waals surface area contributed by atoms with E-state index in [2.05, 4.69) is 17.1 Å². The molecular weight excluding hydrogens is 304 g/mol. The smallest absolute Gasteiger partial charge is 0.238 e. The number of benzene rings is 1. The number of amides is 1. The molecule has 2 rings (SSSR count). The number of likely N-dealkylation sites (tertiary alicyclic amines) is 1. The number of carbonyl (C=O) groups is 1. The van der Waals surface area contributed by atoms with Crippen molar-refractivity contribution in [3.8, 4) is 11.5 Å². The van der Waals surface area contributed by atoms with E-state index in [4.69, 9.17) is 21.1 Å². The van der Waals surface area contributed by atoms with E-state index >= 15 is 0 Å². The Labute approximate surface area is 136 Å². The highest BCUT2D eigenvalue weighted by Gasteiger charge is 2.21. The molecule has 0 bridgehead atoms. The lowest BCUT2D eigenvalue weighted by Crippen LogP contribution is -2.42. The Morgan fingerprint density at radius 2 is 2.05 bits per heavy atom. The third-order valence-electron chi connectivity index (χ3n) is 4.04. The molecule has 0 unspecified atom stereocenters. The number of hydrogen-bond acceptors (Lipinski definition) is 4. The van der Waals surface area contributed by atoms with Crippen LogP contribution in [0, 0.1) is 0 Å². The molecule has 0 radical (unpaired) electrons. The summed E-state index contributed by atoms with van der Waals surface area (Å²) in [5.74, 6) is 0.982. The molecule has 5 nitrogen and oxygen atoms in total. The average Bonchev–Trinajstić information content (AvgIpc) is 2.50. The normalized spacial score (nSPS) is 18.8. The Morgan fingerprint density at radius 3 is 2.68 bits per heavy atom. The van der Waals surface area contributed by atoms with Crippen LogP contribution in [0.3, 0.4) is 0 Å². The van der Waals surface area contributed by atoms with E-state index in [0.29, 0.717) is 34.8 Å². The van der Waals surface area contributed by atoms with Crippen LogP contribution in [0.1, 0.15) is 26.2 Å². The van der Waals surface area contributed by atoms with Crippen LogP contribution in [-0.2, 0) is 4.79 Å². The number of nitrogens with one attached hydrogen (secondary N) is 1. The van der Waals surface area contributed by atoms with Crippen molar-refractivity contribution in [2.45, 2.75) is 32.2 Å². The van der Waals surface area contributed by atoms with Crippen molar-refractivity contribution in [3.63, 3.8) is 0 Å². The van der Waals surface area contributed by atoms with Crippen molar-refractivity contribution in [2.24, 2.45) is 0 Å². The monoisotopic (exact) mass is 326 g/mol. The van der Waals surface area contributed by atoms with Crippen molar-refractivity contribution in [3.05, 3.63) is 17.2 Å². The first kappa shape index (κ1) is 16.9. The molecule has 1 fully saturated rings. The maximum Gasteiger partial charge on any atom is 0.238 e. The molecule has 6 heteroatoms. The summed E-state index contributed by atoms with van der Waals surface area (Å²) >= 11 is 6.11. The quantitative estimate of drug-likeness (QED) is 0.903. The summed E-state index contributed by atoms with van der Waals surface area (Å²) in [6, 6.07) is 3.76. The largest absolute Gasteiger partial charge is 0.495 e. The van der Waals surface area contributed by atoms with Gasteiger partial charge >= 0.3 is 0 Å². The lowest BCUT2D eigenvalue weighted by Gasteiger charge is -2.32. The van der Waals surface area contributed by atoms with Crippen molar-refractivity contribution < 1.29 is 14.3 Å². The molecule has 0 spiro atoms. The minimum atomic E-state index is -0.0618. The summed E-state index contributed by atoms with van der Waals surface area (Å²) in [4.78, 5) is 14.5. The second-order valence-electron chi connectivity index (χ2n) is 5.55. The average molecular weight is 327 g/mol. The van der Waals surface area contributed by atoms with E-state index in [-0.39, 0.29) is 5.91 Å². The summed E-state index contributed by atoms with van der Waals surface area (Å²) < 4.78 is 10.4. The van der Waals surface area contributed by atoms with Crippen LogP contribution in [0.4, 0.5) is 5.69 Å². The number of carbonyl (C=O) groups excluding carboxylic acids is 1. The van der Waals surface area contributed by atoms with E-state index in [1.165, 1.54) is 13.5 Å². The summed E-state index contributed by atoms with van der Waals surface area (Å²) in [6.45, 7) is 3.51. The highest BCUT2D eigenvalue weighted by atomic mass is 35.5. The second kappa shape index (κ2) is 7.70. The van der Waals surface area contributed by atoms with E-state index in [9.17, 15) is 4.79 Å². The van der Waals surface area contributed by atoms with Gasteiger partial charge in [0.15, 0.2) is 0 Å². The Balaban J connectivity index is 2.06. The first-order valence-corrected chi connectivity index (χ1v) is 7.88. The van der Waals surface area contributed by atoms with Gasteiger partial charge in [0.1, 0.15) is 11.5 Å². The Kier molecular flexibility index (Phi) is 5.91. The minimum Gasteiger partial charge on any atom is -0.495 e. The van der Waals surface area contributed by atoms with Gasteiger partial charge in [-0.3, -0.25) is 9.69 Å². The lowest BCUT2D eigenvalue weighted by atomic mass is 10.0. The zero-order valence-corrected chi connectivity index (χ0v) is 14.1. The molecule has 1 aliphatic heterocycles. The fourth-order valence-corrected chi connectivity index (χ4v) is 2.97. The van der Waals surface area contributed by atoms with Crippen molar-refractivity contribution >= 4 is 23.2 Å². The number of hydrogen-bond donors (Lipinski definition) is 1. The zero-order valence-electron chi connectivity index (χ0n) is 13.3. The third-order valence-corrected chi connectivity index (χ3v) is 4.33. The van der Waals surface area contributed by atoms with E-state index < -0.39 is 0 Å². The topological polar surface area (TPSA) is 50.8 Å². The van der Waals surface area contributed by atoms with Crippen LogP contribution < -0.4 is 14.8 Å². The summed E-state index contributed by atoms with van der Waals surface area (Å²) in [6.07, 6.45) is 3.53. The number of methoxy groups -OCH3 is 2. The highest BCUT2D eigenvalue weighted by Crippen LogP contribution is 2.35. The first-order chi connectivity index (χ1) is 10.5. The van der Waals surface area contributed by atoms with Gasteiger partial charge in [0.05, 0.1) is 31.5 Å². The van der Waals surface area contributed by atoms with E-state index in [1.807, 2.05) is 0 Å². The minimum absolute atomic E-state index is 0.0618. The van der Waals surface area contributed by atoms with Crippen LogP contribution in [0.5, 0.6) is 11.5 Å². The number of ether oxygens (including phenoxy) is 2. The SMILES string of the molecule is COc1cc(OC)c(NC(=O)CN2CCCC[C@@H]2C)cc1Cl. The summed E-state index contributed by atoms with van der Waals surface area (Å²) in [7, 11) is 3.09. The van der Waals surface area contributed by atoms with Gasteiger partial charge < -0.3 is 14.8 Å². The molecule has 1 saturated heterocycles. The molecule has 1 amide bonds. The van der Waals surface area contributed by atoms with Gasteiger partial charge in [0.25, 0.3) is 0 Å². The van der Waals surface area contributed by atoms with Crippen molar-refractivity contribution in [1.82, 2.24) is 4.90 Å². The maximum absolute atomic E-state index is 12.3. The van der Waals surface area contributed by atoms with Crippen LogP contribution >= 0.6 is 11.6 Å². The molecule has 0 aliphatic carbocycles. The van der Waals surface area contributed by atoms with Gasteiger partial charge in [-0.25, -0.2) is 0 Å². The Morgan fingerprint density at radius 1 is 1.32 bits per heavy atom. The molecule has 1 aromatic carbocycles. The first-order valence-electron chi connectivity index (χ1n) is 7.50. The molecule has 1 heterocycles. The Hall–Kier alpha value is -1.46. The van der Waals surface area contributed by atoms with Gasteiger partial charge in [0.2, 0.25) is 5.91 Å². The number of nitrogens with zero attached hydrogens (tertiary/aromatic N) is 1. The van der Waals surface area contributed by atoms with Crippen molar-refractivity contribution in [1.29, 1.82) is 0 Å². The zero-order chi connectivity index (χ0) is 16.1. The molecule has 0 saturated carbocycles. The lowest BCUT2D eigenvalue weighted by molar-refractivity contribution is -0.118. The fourth-order valence-electron chi connectivity index (χ4n) is 2.72. The third kappa shape index (κ3) is 4.05. The standard InChI is InChI=1S/C16H23ClN2O3/c1-11-6-4-5-7-19(11)10-16(20)18-13-8-12(17)14(21-2)9-15(13)22-3/h8-9,11H,4-7,10H2,1-3H3,(H,18,20)/t11-/m0/s1. The second-order valence-corrected chi connectivity index (χ2v) is 5.96. The van der Waals surface area contributed by atoms with Gasteiger partial charge in [-0.2, -0.15) is 0 Å². The van der Waals surface area contributed by atoms with Crippen molar-refractivity contribution in [2.75, 3.05) is 32.6 Å². The fraction of sp³-hybridized carbons (Fsp3) is 0.562. The highest BCUT2D eigenvalue weighted by molar-refractivity contribution is 6.32. The summed E-state index contributed by atoms with van der Waals surface area (Å²) in [5, 5.41) is 3.31. The van der Waals surface area contributed by atoms with E-state index in [1.54, 1.807) is 19.2 Å². The number of piperidine rings is 1. The number of rotatable bonds is 5. The van der Waals surface area contributed by atoms with Crippen LogP contribution in [0.15, 0.2) is 12.1 Å². The van der Waals surface area contributed by atoms with Gasteiger partial charge in [-0.1, -0.05) is 18.0 Å². The molecule has 22 heavy (non-hydrogen) atoms. The van der Waals surface area contributed by atoms with Crippen LogP contribution in [-0.4, -0.2) is 44.2 Å². The van der Waals surface area contributed by atoms with Gasteiger partial charge in [-0.05, 0) is 32.4 Å². The molecule has 1 atom stereocenters. The molecule has 1 N–H and O–H groups in total. The molecule has 1 aliphatic rings. The molecule has 0 aromatic heterocycles. The van der Waals surface area contributed by atoms with Gasteiger partial charge in [-0.15, -0.1) is 0 Å². The maximum atomic E-state index is 12.3. The van der Waals surface area contributed by atoms with E-state index in [0.717, 1.165) is 19.4 Å². The molecule has 122 valence electrons. The molecular formula is C16H23ClN2O3. The van der Waals surface area contributed by atoms with Crippen LogP contribution in [0.25, 0.3) is 0 Å². The summed E-state index contributed by atoms with van der Waals surface area (Å²) in [5.41, 5.74) is 0.558. The molecule has 1 aromatic rings. The van der Waals surface area contributed by atoms with Gasteiger partial charge in [0, 0.05) is 12.1 Å². The van der Waals surface area contributed by atoms with Crippen LogP contribution in [0.2, 0.25) is 5.02 Å². The number of halogens is 1. The number of anilines is 1.